The third-order valence-electron chi connectivity index (χ3n) is 4.34. The number of carbonyl (C=O) groups is 1. The van der Waals surface area contributed by atoms with Gasteiger partial charge in [-0.15, -0.1) is 11.3 Å². The number of benzene rings is 1. The molecule has 0 saturated heterocycles. The van der Waals surface area contributed by atoms with Crippen molar-refractivity contribution in [3.8, 4) is 0 Å². The van der Waals surface area contributed by atoms with Crippen molar-refractivity contribution < 1.29 is 13.2 Å². The third kappa shape index (κ3) is 4.90. The largest absolute Gasteiger partial charge is 0.349 e. The fraction of sp³-hybridized carbons (Fsp3) is 0.389. The Bertz CT molecular complexity index is 811. The van der Waals surface area contributed by atoms with Gasteiger partial charge < -0.3 is 5.32 Å². The molecule has 1 aromatic carbocycles. The Hall–Kier alpha value is -1.70. The van der Waals surface area contributed by atoms with Crippen molar-refractivity contribution in [3.05, 3.63) is 52.2 Å². The summed E-state index contributed by atoms with van der Waals surface area (Å²) >= 11 is 1.60. The molecule has 134 valence electrons. The predicted molar refractivity (Wildman–Crippen MR) is 99.4 cm³/mol. The fourth-order valence-corrected chi connectivity index (χ4v) is 4.78. The van der Waals surface area contributed by atoms with Gasteiger partial charge in [0.15, 0.2) is 0 Å². The standard InChI is InChI=1S/C18H22N2O3S2/c21-18(20-15-6-1-2-7-15)14-5-3-9-17(13-14)25(22,23)19-11-10-16-8-4-12-24-16/h3-5,8-9,12-13,15,19H,1-2,6-7,10-11H2,(H,20,21). The molecule has 2 N–H and O–H groups in total. The first-order valence-electron chi connectivity index (χ1n) is 8.47. The Labute approximate surface area is 152 Å². The molecule has 0 aliphatic heterocycles. The molecule has 2 aromatic rings. The summed E-state index contributed by atoms with van der Waals surface area (Å²) in [6, 6.07) is 10.3. The molecule has 7 heteroatoms. The van der Waals surface area contributed by atoms with Crippen LogP contribution in [0, 0.1) is 0 Å². The highest BCUT2D eigenvalue weighted by molar-refractivity contribution is 7.89. The van der Waals surface area contributed by atoms with Crippen LogP contribution in [-0.4, -0.2) is 26.9 Å². The van der Waals surface area contributed by atoms with Crippen LogP contribution < -0.4 is 10.0 Å². The highest BCUT2D eigenvalue weighted by Gasteiger charge is 2.20. The molecule has 0 atom stereocenters. The Morgan fingerprint density at radius 1 is 1.16 bits per heavy atom. The molecule has 25 heavy (non-hydrogen) atoms. The minimum atomic E-state index is -3.62. The van der Waals surface area contributed by atoms with Gasteiger partial charge in [0.25, 0.3) is 5.91 Å². The van der Waals surface area contributed by atoms with Gasteiger partial charge >= 0.3 is 0 Å². The first-order chi connectivity index (χ1) is 12.0. The van der Waals surface area contributed by atoms with Crippen LogP contribution in [0.15, 0.2) is 46.7 Å². The normalized spacial score (nSPS) is 15.4. The van der Waals surface area contributed by atoms with E-state index in [4.69, 9.17) is 0 Å². The van der Waals surface area contributed by atoms with Crippen LogP contribution in [0.2, 0.25) is 0 Å². The van der Waals surface area contributed by atoms with E-state index in [1.807, 2.05) is 17.5 Å². The number of thiophene rings is 1. The van der Waals surface area contributed by atoms with Crippen molar-refractivity contribution in [3.63, 3.8) is 0 Å². The highest BCUT2D eigenvalue weighted by atomic mass is 32.2. The van der Waals surface area contributed by atoms with Gasteiger partial charge in [-0.05, 0) is 48.9 Å². The summed E-state index contributed by atoms with van der Waals surface area (Å²) in [7, 11) is -3.62. The van der Waals surface area contributed by atoms with Gasteiger partial charge in [0.1, 0.15) is 0 Å². The molecule has 0 bridgehead atoms. The maximum absolute atomic E-state index is 12.4. The van der Waals surface area contributed by atoms with E-state index in [1.54, 1.807) is 23.5 Å². The van der Waals surface area contributed by atoms with Gasteiger partial charge in [0, 0.05) is 23.0 Å². The molecule has 1 aromatic heterocycles. The Balaban J connectivity index is 1.63. The smallest absolute Gasteiger partial charge is 0.251 e. The predicted octanol–water partition coefficient (Wildman–Crippen LogP) is 2.94. The Morgan fingerprint density at radius 2 is 1.96 bits per heavy atom. The maximum Gasteiger partial charge on any atom is 0.251 e. The van der Waals surface area contributed by atoms with Crippen LogP contribution in [0.3, 0.4) is 0 Å². The number of hydrogen-bond donors (Lipinski definition) is 2. The van der Waals surface area contributed by atoms with Crippen LogP contribution in [-0.2, 0) is 16.4 Å². The molecule has 0 unspecified atom stereocenters. The lowest BCUT2D eigenvalue weighted by atomic mass is 10.2. The molecule has 1 amide bonds. The SMILES string of the molecule is O=C(NC1CCCC1)c1cccc(S(=O)(=O)NCCc2cccs2)c1. The summed E-state index contributed by atoms with van der Waals surface area (Å²) in [6.45, 7) is 0.335. The van der Waals surface area contributed by atoms with E-state index in [0.717, 1.165) is 30.6 Å². The number of rotatable bonds is 7. The van der Waals surface area contributed by atoms with Gasteiger partial charge in [-0.2, -0.15) is 0 Å². The zero-order chi connectivity index (χ0) is 17.7. The second-order valence-electron chi connectivity index (χ2n) is 6.21. The van der Waals surface area contributed by atoms with E-state index in [1.165, 1.54) is 12.1 Å². The van der Waals surface area contributed by atoms with E-state index in [0.29, 0.717) is 18.5 Å². The Kier molecular flexibility index (Phi) is 5.88. The van der Waals surface area contributed by atoms with Crippen molar-refractivity contribution in [1.82, 2.24) is 10.0 Å². The lowest BCUT2D eigenvalue weighted by Gasteiger charge is -2.12. The van der Waals surface area contributed by atoms with Crippen molar-refractivity contribution in [2.24, 2.45) is 0 Å². The Morgan fingerprint density at radius 3 is 2.68 bits per heavy atom. The van der Waals surface area contributed by atoms with E-state index < -0.39 is 10.0 Å². The molecule has 1 aliphatic carbocycles. The number of carbonyl (C=O) groups excluding carboxylic acids is 1. The summed E-state index contributed by atoms with van der Waals surface area (Å²) in [6.07, 6.45) is 4.90. The maximum atomic E-state index is 12.4. The van der Waals surface area contributed by atoms with Crippen LogP contribution in [0.25, 0.3) is 0 Å². The summed E-state index contributed by atoms with van der Waals surface area (Å²) in [5, 5.41) is 4.95. The monoisotopic (exact) mass is 378 g/mol. The minimum Gasteiger partial charge on any atom is -0.349 e. The molecule has 0 spiro atoms. The van der Waals surface area contributed by atoms with Crippen molar-refractivity contribution in [2.45, 2.75) is 43.0 Å². The number of nitrogens with one attached hydrogen (secondary N) is 2. The molecule has 1 fully saturated rings. The van der Waals surface area contributed by atoms with Gasteiger partial charge in [-0.1, -0.05) is 25.0 Å². The number of hydrogen-bond acceptors (Lipinski definition) is 4. The first-order valence-corrected chi connectivity index (χ1v) is 10.8. The molecule has 1 heterocycles. The van der Waals surface area contributed by atoms with Crippen LogP contribution >= 0.6 is 11.3 Å². The molecule has 0 radical (unpaired) electrons. The molecular weight excluding hydrogens is 356 g/mol. The molecule has 5 nitrogen and oxygen atoms in total. The van der Waals surface area contributed by atoms with E-state index >= 15 is 0 Å². The van der Waals surface area contributed by atoms with Gasteiger partial charge in [-0.25, -0.2) is 13.1 Å². The zero-order valence-electron chi connectivity index (χ0n) is 13.9. The number of amides is 1. The van der Waals surface area contributed by atoms with Crippen molar-refractivity contribution in [2.75, 3.05) is 6.54 Å². The second kappa shape index (κ2) is 8.12. The molecular formula is C18H22N2O3S2. The second-order valence-corrected chi connectivity index (χ2v) is 9.01. The topological polar surface area (TPSA) is 75.3 Å². The molecule has 1 saturated carbocycles. The summed E-state index contributed by atoms with van der Waals surface area (Å²) < 4.78 is 27.5. The van der Waals surface area contributed by atoms with Crippen LogP contribution in [0.1, 0.15) is 40.9 Å². The average Bonchev–Trinajstić information content (AvgIpc) is 3.29. The molecule has 1 aliphatic rings. The van der Waals surface area contributed by atoms with E-state index in [2.05, 4.69) is 10.0 Å². The average molecular weight is 379 g/mol. The third-order valence-corrected chi connectivity index (χ3v) is 6.74. The quantitative estimate of drug-likeness (QED) is 0.778. The van der Waals surface area contributed by atoms with Gasteiger partial charge in [-0.3, -0.25) is 4.79 Å². The summed E-state index contributed by atoms with van der Waals surface area (Å²) in [5.74, 6) is -0.206. The van der Waals surface area contributed by atoms with Crippen LogP contribution in [0.5, 0.6) is 0 Å². The fourth-order valence-electron chi connectivity index (χ4n) is 2.99. The highest BCUT2D eigenvalue weighted by Crippen LogP contribution is 2.19. The van der Waals surface area contributed by atoms with Gasteiger partial charge in [0.2, 0.25) is 10.0 Å². The lowest BCUT2D eigenvalue weighted by molar-refractivity contribution is 0.0937. The minimum absolute atomic E-state index is 0.123. The van der Waals surface area contributed by atoms with Crippen molar-refractivity contribution >= 4 is 27.3 Å². The number of sulfonamides is 1. The zero-order valence-corrected chi connectivity index (χ0v) is 15.5. The van der Waals surface area contributed by atoms with Gasteiger partial charge in [0.05, 0.1) is 4.90 Å². The van der Waals surface area contributed by atoms with E-state index in [9.17, 15) is 13.2 Å². The van der Waals surface area contributed by atoms with E-state index in [-0.39, 0.29) is 16.8 Å². The first kappa shape index (κ1) is 18.1. The lowest BCUT2D eigenvalue weighted by Crippen LogP contribution is -2.32. The summed E-state index contributed by atoms with van der Waals surface area (Å²) in [5.41, 5.74) is 0.382. The van der Waals surface area contributed by atoms with Crippen LogP contribution in [0.4, 0.5) is 0 Å². The van der Waals surface area contributed by atoms with Crippen molar-refractivity contribution in [1.29, 1.82) is 0 Å². The summed E-state index contributed by atoms with van der Waals surface area (Å²) in [4.78, 5) is 13.6. The molecule has 3 rings (SSSR count).